The quantitative estimate of drug-likeness (QED) is 0.448. The molecule has 0 saturated heterocycles. The molecule has 0 radical (unpaired) electrons. The Morgan fingerprint density at radius 1 is 1.06 bits per heavy atom. The summed E-state index contributed by atoms with van der Waals surface area (Å²) in [4.78, 5) is 35.9. The van der Waals surface area contributed by atoms with Gasteiger partial charge in [0, 0.05) is 12.4 Å². The van der Waals surface area contributed by atoms with E-state index in [1.54, 1.807) is 43.0 Å². The van der Waals surface area contributed by atoms with E-state index >= 15 is 0 Å². The number of ether oxygens (including phenoxy) is 3. The van der Waals surface area contributed by atoms with Crippen molar-refractivity contribution in [2.45, 2.75) is 33.7 Å². The molecule has 0 amide bonds. The van der Waals surface area contributed by atoms with Crippen LogP contribution in [0.5, 0.6) is 11.5 Å². The van der Waals surface area contributed by atoms with Crippen LogP contribution in [0.2, 0.25) is 0 Å². The summed E-state index contributed by atoms with van der Waals surface area (Å²) >= 11 is 1.28. The highest BCUT2D eigenvalue weighted by atomic mass is 32.1. The lowest BCUT2D eigenvalue weighted by Crippen LogP contribution is -2.40. The maximum Gasteiger partial charge on any atom is 0.338 e. The van der Waals surface area contributed by atoms with E-state index in [1.807, 2.05) is 38.1 Å². The van der Waals surface area contributed by atoms with Crippen molar-refractivity contribution in [1.29, 1.82) is 0 Å². The zero-order valence-corrected chi connectivity index (χ0v) is 20.9. The van der Waals surface area contributed by atoms with Crippen molar-refractivity contribution in [2.75, 3.05) is 19.8 Å². The van der Waals surface area contributed by atoms with E-state index in [9.17, 15) is 9.59 Å². The van der Waals surface area contributed by atoms with E-state index in [-0.39, 0.29) is 12.2 Å². The molecular formula is C26H27N3O5S. The van der Waals surface area contributed by atoms with Crippen LogP contribution in [0, 0.1) is 0 Å². The van der Waals surface area contributed by atoms with Crippen LogP contribution in [0.15, 0.2) is 63.8 Å². The van der Waals surface area contributed by atoms with Gasteiger partial charge < -0.3 is 14.2 Å². The number of thiazole rings is 1. The predicted molar refractivity (Wildman–Crippen MR) is 133 cm³/mol. The SMILES string of the molecule is CCOC(=O)C1=C(C)N=c2s/c(=C\c3ccncc3)c(=O)n2[C@@H]1c1ccc(OCC)c(OCC)c1. The van der Waals surface area contributed by atoms with Gasteiger partial charge in [0.05, 0.1) is 41.7 Å². The molecule has 8 nitrogen and oxygen atoms in total. The minimum Gasteiger partial charge on any atom is -0.490 e. The van der Waals surface area contributed by atoms with E-state index in [2.05, 4.69) is 9.98 Å². The number of aromatic nitrogens is 2. The van der Waals surface area contributed by atoms with Gasteiger partial charge in [0.15, 0.2) is 16.3 Å². The monoisotopic (exact) mass is 493 g/mol. The van der Waals surface area contributed by atoms with E-state index in [1.165, 1.54) is 11.3 Å². The molecule has 0 unspecified atom stereocenters. The van der Waals surface area contributed by atoms with Gasteiger partial charge in [-0.15, -0.1) is 0 Å². The van der Waals surface area contributed by atoms with E-state index in [0.717, 1.165) is 5.56 Å². The number of rotatable bonds is 8. The van der Waals surface area contributed by atoms with Gasteiger partial charge >= 0.3 is 5.97 Å². The summed E-state index contributed by atoms with van der Waals surface area (Å²) in [5.74, 6) is 0.638. The van der Waals surface area contributed by atoms with Gasteiger partial charge in [-0.3, -0.25) is 14.3 Å². The van der Waals surface area contributed by atoms with Crippen LogP contribution in [0.3, 0.4) is 0 Å². The second-order valence-corrected chi connectivity index (χ2v) is 8.66. The van der Waals surface area contributed by atoms with E-state index < -0.39 is 12.0 Å². The summed E-state index contributed by atoms with van der Waals surface area (Å²) in [6.45, 7) is 8.43. The first-order valence-corrected chi connectivity index (χ1v) is 12.3. The van der Waals surface area contributed by atoms with Gasteiger partial charge in [0.2, 0.25) is 0 Å². The Bertz CT molecular complexity index is 1440. The number of hydrogen-bond donors (Lipinski definition) is 0. The van der Waals surface area contributed by atoms with Crippen molar-refractivity contribution in [3.05, 3.63) is 84.8 Å². The Hall–Kier alpha value is -3.72. The second kappa shape index (κ2) is 10.7. The molecule has 4 rings (SSSR count). The molecule has 2 aromatic heterocycles. The average molecular weight is 494 g/mol. The summed E-state index contributed by atoms with van der Waals surface area (Å²) in [6.07, 6.45) is 5.14. The molecule has 0 saturated carbocycles. The largest absolute Gasteiger partial charge is 0.490 e. The summed E-state index contributed by atoms with van der Waals surface area (Å²) in [6, 6.07) is 8.39. The highest BCUT2D eigenvalue weighted by Crippen LogP contribution is 2.36. The molecule has 182 valence electrons. The van der Waals surface area contributed by atoms with Crippen LogP contribution in [-0.4, -0.2) is 35.3 Å². The van der Waals surface area contributed by atoms with Crippen molar-refractivity contribution in [3.63, 3.8) is 0 Å². The van der Waals surface area contributed by atoms with Gasteiger partial charge in [-0.2, -0.15) is 0 Å². The highest BCUT2D eigenvalue weighted by molar-refractivity contribution is 7.07. The zero-order valence-electron chi connectivity index (χ0n) is 20.1. The maximum atomic E-state index is 13.7. The molecule has 35 heavy (non-hydrogen) atoms. The van der Waals surface area contributed by atoms with Crippen LogP contribution in [-0.2, 0) is 9.53 Å². The molecular weight excluding hydrogens is 466 g/mol. The summed E-state index contributed by atoms with van der Waals surface area (Å²) in [7, 11) is 0. The number of allylic oxidation sites excluding steroid dienone is 1. The van der Waals surface area contributed by atoms with Crippen LogP contribution in [0.25, 0.3) is 6.08 Å². The third-order valence-corrected chi connectivity index (χ3v) is 6.39. The number of esters is 1. The van der Waals surface area contributed by atoms with Gasteiger partial charge in [-0.1, -0.05) is 17.4 Å². The van der Waals surface area contributed by atoms with Crippen molar-refractivity contribution < 1.29 is 19.0 Å². The molecule has 9 heteroatoms. The maximum absolute atomic E-state index is 13.7. The molecule has 1 aliphatic heterocycles. The van der Waals surface area contributed by atoms with Crippen molar-refractivity contribution in [3.8, 4) is 11.5 Å². The fourth-order valence-corrected chi connectivity index (χ4v) is 5.00. The second-order valence-electron chi connectivity index (χ2n) is 7.66. The van der Waals surface area contributed by atoms with Crippen LogP contribution >= 0.6 is 11.3 Å². The molecule has 0 bridgehead atoms. The molecule has 0 spiro atoms. The zero-order chi connectivity index (χ0) is 24.9. The Morgan fingerprint density at radius 3 is 2.46 bits per heavy atom. The van der Waals surface area contributed by atoms with E-state index in [0.29, 0.717) is 50.9 Å². The van der Waals surface area contributed by atoms with Gasteiger partial charge in [-0.05, 0) is 69.2 Å². The summed E-state index contributed by atoms with van der Waals surface area (Å²) in [5, 5.41) is 0. The lowest BCUT2D eigenvalue weighted by molar-refractivity contribution is -0.139. The Morgan fingerprint density at radius 2 is 1.77 bits per heavy atom. The number of fused-ring (bicyclic) bond motifs is 1. The van der Waals surface area contributed by atoms with E-state index in [4.69, 9.17) is 14.2 Å². The van der Waals surface area contributed by atoms with Gasteiger partial charge in [0.1, 0.15) is 0 Å². The third kappa shape index (κ3) is 4.90. The molecule has 1 aliphatic rings. The first-order chi connectivity index (χ1) is 17.0. The Balaban J connectivity index is 1.95. The van der Waals surface area contributed by atoms with Crippen LogP contribution < -0.4 is 24.4 Å². The smallest absolute Gasteiger partial charge is 0.338 e. The number of hydrogen-bond acceptors (Lipinski definition) is 8. The number of pyridine rings is 1. The lowest BCUT2D eigenvalue weighted by atomic mass is 9.95. The molecule has 3 aromatic rings. The fraction of sp³-hybridized carbons (Fsp3) is 0.308. The van der Waals surface area contributed by atoms with Crippen LogP contribution in [0.4, 0.5) is 0 Å². The average Bonchev–Trinajstić information content (AvgIpc) is 3.14. The first-order valence-electron chi connectivity index (χ1n) is 11.5. The minimum absolute atomic E-state index is 0.211. The van der Waals surface area contributed by atoms with Crippen LogP contribution in [0.1, 0.15) is 44.9 Å². The minimum atomic E-state index is -0.722. The Labute approximate surface area is 206 Å². The molecule has 3 heterocycles. The topological polar surface area (TPSA) is 92.0 Å². The molecule has 1 atom stereocenters. The number of nitrogens with zero attached hydrogens (tertiary/aromatic N) is 3. The molecule has 0 N–H and O–H groups in total. The summed E-state index contributed by atoms with van der Waals surface area (Å²) < 4.78 is 18.9. The van der Waals surface area contributed by atoms with Gasteiger partial charge in [0.25, 0.3) is 5.56 Å². The van der Waals surface area contributed by atoms with Crippen molar-refractivity contribution >= 4 is 23.4 Å². The standard InChI is InChI=1S/C26H27N3O5S/c1-5-32-19-9-8-18(15-20(19)33-6-2)23-22(25(31)34-7-3)16(4)28-26-29(23)24(30)21(35-26)14-17-10-12-27-13-11-17/h8-15,23H,5-7H2,1-4H3/b21-14-/t23-/m1/s1. The third-order valence-electron chi connectivity index (χ3n) is 5.40. The van der Waals surface area contributed by atoms with Gasteiger partial charge in [-0.25, -0.2) is 9.79 Å². The fourth-order valence-electron chi connectivity index (χ4n) is 3.96. The normalized spacial score (nSPS) is 15.4. The molecule has 0 fully saturated rings. The van der Waals surface area contributed by atoms with Crippen molar-refractivity contribution in [1.82, 2.24) is 9.55 Å². The Kier molecular flexibility index (Phi) is 7.45. The van der Waals surface area contributed by atoms with Crippen molar-refractivity contribution in [2.24, 2.45) is 4.99 Å². The molecule has 1 aromatic carbocycles. The number of carbonyl (C=O) groups is 1. The number of carbonyl (C=O) groups excluding carboxylic acids is 1. The predicted octanol–water partition coefficient (Wildman–Crippen LogP) is 2.99. The summed E-state index contributed by atoms with van der Waals surface area (Å²) in [5.41, 5.74) is 2.14. The highest BCUT2D eigenvalue weighted by Gasteiger charge is 2.34. The molecule has 0 aliphatic carbocycles. The lowest BCUT2D eigenvalue weighted by Gasteiger charge is -2.25. The number of benzene rings is 1. The first kappa shape index (κ1) is 24.4.